The first-order chi connectivity index (χ1) is 14.6. The van der Waals surface area contributed by atoms with Crippen LogP contribution in [0.2, 0.25) is 10.0 Å². The van der Waals surface area contributed by atoms with E-state index >= 15 is 0 Å². The van der Waals surface area contributed by atoms with E-state index in [1.54, 1.807) is 30.3 Å². The molecule has 0 saturated heterocycles. The fourth-order valence-corrected chi connectivity index (χ4v) is 3.77. The first-order valence-corrected chi connectivity index (χ1v) is 9.91. The summed E-state index contributed by atoms with van der Waals surface area (Å²) in [6.07, 6.45) is 0. The van der Waals surface area contributed by atoms with Crippen molar-refractivity contribution in [1.29, 1.82) is 5.26 Å². The average molecular weight is 439 g/mol. The van der Waals surface area contributed by atoms with E-state index in [-0.39, 0.29) is 29.8 Å². The molecule has 1 heterocycles. The number of rotatable bonds is 5. The number of halogens is 2. The Morgan fingerprint density at radius 2 is 1.80 bits per heavy atom. The molecule has 0 bridgehead atoms. The lowest BCUT2D eigenvalue weighted by Gasteiger charge is -2.28. The van der Waals surface area contributed by atoms with Crippen LogP contribution in [0.1, 0.15) is 27.5 Å². The molecule has 1 atom stereocenters. The normalized spacial score (nSPS) is 12.8. The fraction of sp³-hybridized carbons (Fsp3) is 0.130. The minimum Gasteiger partial charge on any atom is -0.454 e. The lowest BCUT2D eigenvalue weighted by molar-refractivity contribution is 0.0701. The predicted octanol–water partition coefficient (Wildman–Crippen LogP) is 5.63. The zero-order valence-corrected chi connectivity index (χ0v) is 17.2. The molecule has 5 nitrogen and oxygen atoms in total. The maximum absolute atomic E-state index is 13.5. The number of nitriles is 1. The van der Waals surface area contributed by atoms with E-state index in [2.05, 4.69) is 6.07 Å². The Morgan fingerprint density at radius 1 is 1.03 bits per heavy atom. The van der Waals surface area contributed by atoms with Gasteiger partial charge in [-0.2, -0.15) is 5.26 Å². The van der Waals surface area contributed by atoms with Gasteiger partial charge in [0.2, 0.25) is 6.79 Å². The monoisotopic (exact) mass is 438 g/mol. The van der Waals surface area contributed by atoms with Crippen LogP contribution in [0.4, 0.5) is 0 Å². The molecule has 0 fully saturated rings. The second-order valence-corrected chi connectivity index (χ2v) is 7.53. The van der Waals surface area contributed by atoms with Gasteiger partial charge in [0.1, 0.15) is 6.04 Å². The van der Waals surface area contributed by atoms with Crippen LogP contribution in [0.25, 0.3) is 0 Å². The van der Waals surface area contributed by atoms with Gasteiger partial charge in [-0.1, -0.05) is 59.6 Å². The summed E-state index contributed by atoms with van der Waals surface area (Å²) in [4.78, 5) is 15.0. The summed E-state index contributed by atoms with van der Waals surface area (Å²) >= 11 is 12.3. The third kappa shape index (κ3) is 4.06. The maximum atomic E-state index is 13.5. The Balaban J connectivity index is 1.75. The maximum Gasteiger partial charge on any atom is 0.257 e. The van der Waals surface area contributed by atoms with Crippen LogP contribution in [0.5, 0.6) is 11.5 Å². The highest BCUT2D eigenvalue weighted by atomic mass is 35.5. The summed E-state index contributed by atoms with van der Waals surface area (Å²) in [5.41, 5.74) is 1.78. The number of nitrogens with zero attached hydrogens (tertiary/aromatic N) is 2. The average Bonchev–Trinajstić information content (AvgIpc) is 3.22. The van der Waals surface area contributed by atoms with Crippen molar-refractivity contribution in [1.82, 2.24) is 4.90 Å². The topological polar surface area (TPSA) is 62.6 Å². The van der Waals surface area contributed by atoms with Crippen molar-refractivity contribution < 1.29 is 14.3 Å². The van der Waals surface area contributed by atoms with Gasteiger partial charge in [0.15, 0.2) is 11.5 Å². The Morgan fingerprint density at radius 3 is 2.53 bits per heavy atom. The second-order valence-electron chi connectivity index (χ2n) is 6.69. The molecule has 30 heavy (non-hydrogen) atoms. The fourth-order valence-electron chi connectivity index (χ4n) is 3.29. The number of ether oxygens (including phenoxy) is 2. The molecule has 1 aliphatic heterocycles. The predicted molar refractivity (Wildman–Crippen MR) is 114 cm³/mol. The van der Waals surface area contributed by atoms with E-state index in [9.17, 15) is 10.1 Å². The lowest BCUT2D eigenvalue weighted by Crippen LogP contribution is -2.34. The standard InChI is InChI=1S/C23H16Cl2N2O3/c24-17-7-8-18(19(25)11-17)23(28)27(13-15-4-2-1-3-5-15)20(12-26)16-6-9-21-22(10-16)30-14-29-21/h1-11,20H,13-14H2. The van der Waals surface area contributed by atoms with Gasteiger partial charge in [-0.3, -0.25) is 4.79 Å². The van der Waals surface area contributed by atoms with E-state index in [1.807, 2.05) is 30.3 Å². The molecule has 150 valence electrons. The van der Waals surface area contributed by atoms with Crippen LogP contribution < -0.4 is 9.47 Å². The lowest BCUT2D eigenvalue weighted by atomic mass is 10.0. The number of carbonyl (C=O) groups excluding carboxylic acids is 1. The van der Waals surface area contributed by atoms with E-state index < -0.39 is 6.04 Å². The zero-order valence-electron chi connectivity index (χ0n) is 15.7. The summed E-state index contributed by atoms with van der Waals surface area (Å²) in [6.45, 7) is 0.356. The minimum atomic E-state index is -0.862. The van der Waals surface area contributed by atoms with Crippen LogP contribution in [-0.2, 0) is 6.54 Å². The van der Waals surface area contributed by atoms with Gasteiger partial charge >= 0.3 is 0 Å². The van der Waals surface area contributed by atoms with Crippen LogP contribution in [0.15, 0.2) is 66.7 Å². The Labute approximate surface area is 184 Å². The molecule has 0 saturated carbocycles. The second kappa shape index (κ2) is 8.66. The molecular weight excluding hydrogens is 423 g/mol. The van der Waals surface area contributed by atoms with E-state index in [4.69, 9.17) is 32.7 Å². The smallest absolute Gasteiger partial charge is 0.257 e. The largest absolute Gasteiger partial charge is 0.454 e. The molecule has 4 rings (SSSR count). The SMILES string of the molecule is N#CC(c1ccc2c(c1)OCO2)N(Cc1ccccc1)C(=O)c1ccc(Cl)cc1Cl. The van der Waals surface area contributed by atoms with Crippen molar-refractivity contribution in [3.05, 3.63) is 93.5 Å². The zero-order chi connectivity index (χ0) is 21.1. The molecule has 0 N–H and O–H groups in total. The number of benzene rings is 3. The quantitative estimate of drug-likeness (QED) is 0.517. The molecule has 1 amide bonds. The molecule has 0 spiro atoms. The van der Waals surface area contributed by atoms with Gasteiger partial charge in [-0.25, -0.2) is 0 Å². The first kappa shape index (κ1) is 20.1. The number of amides is 1. The molecular formula is C23H16Cl2N2O3. The van der Waals surface area contributed by atoms with Crippen LogP contribution in [0.3, 0.4) is 0 Å². The van der Waals surface area contributed by atoms with Crippen molar-refractivity contribution in [2.75, 3.05) is 6.79 Å². The summed E-state index contributed by atoms with van der Waals surface area (Å²) in [6, 6.07) is 20.8. The summed E-state index contributed by atoms with van der Waals surface area (Å²) in [5.74, 6) is 0.784. The summed E-state index contributed by atoms with van der Waals surface area (Å²) in [7, 11) is 0. The van der Waals surface area contributed by atoms with Gasteiger partial charge in [0.05, 0.1) is 16.7 Å². The van der Waals surface area contributed by atoms with Crippen molar-refractivity contribution in [3.63, 3.8) is 0 Å². The number of hydrogen-bond donors (Lipinski definition) is 0. The minimum absolute atomic E-state index is 0.128. The van der Waals surface area contributed by atoms with Crippen LogP contribution in [-0.4, -0.2) is 17.6 Å². The highest BCUT2D eigenvalue weighted by Gasteiger charge is 2.29. The summed E-state index contributed by atoms with van der Waals surface area (Å²) in [5, 5.41) is 10.7. The van der Waals surface area contributed by atoms with Crippen molar-refractivity contribution in [3.8, 4) is 17.6 Å². The van der Waals surface area contributed by atoms with Gasteiger partial charge in [0.25, 0.3) is 5.91 Å². The number of carbonyl (C=O) groups is 1. The Bertz CT molecular complexity index is 1130. The Kier molecular flexibility index (Phi) is 5.80. The molecule has 0 aliphatic carbocycles. The van der Waals surface area contributed by atoms with Crippen molar-refractivity contribution >= 4 is 29.1 Å². The molecule has 3 aromatic carbocycles. The van der Waals surface area contributed by atoms with E-state index in [0.29, 0.717) is 22.1 Å². The Hall–Kier alpha value is -3.20. The number of hydrogen-bond acceptors (Lipinski definition) is 4. The highest BCUT2D eigenvalue weighted by molar-refractivity contribution is 6.36. The summed E-state index contributed by atoms with van der Waals surface area (Å²) < 4.78 is 10.8. The van der Waals surface area contributed by atoms with Crippen molar-refractivity contribution in [2.24, 2.45) is 0 Å². The molecule has 3 aromatic rings. The van der Waals surface area contributed by atoms with Crippen LogP contribution >= 0.6 is 23.2 Å². The molecule has 7 heteroatoms. The number of fused-ring (bicyclic) bond motifs is 1. The van der Waals surface area contributed by atoms with Gasteiger partial charge in [-0.15, -0.1) is 0 Å². The van der Waals surface area contributed by atoms with Gasteiger partial charge < -0.3 is 14.4 Å². The molecule has 0 radical (unpaired) electrons. The first-order valence-electron chi connectivity index (χ1n) is 9.16. The molecule has 1 aliphatic rings. The highest BCUT2D eigenvalue weighted by Crippen LogP contribution is 2.36. The van der Waals surface area contributed by atoms with E-state index in [1.165, 1.54) is 11.0 Å². The van der Waals surface area contributed by atoms with Gasteiger partial charge in [0, 0.05) is 11.6 Å². The third-order valence-corrected chi connectivity index (χ3v) is 5.31. The molecule has 1 unspecified atom stereocenters. The van der Waals surface area contributed by atoms with Gasteiger partial charge in [-0.05, 0) is 41.5 Å². The third-order valence-electron chi connectivity index (χ3n) is 4.76. The van der Waals surface area contributed by atoms with E-state index in [0.717, 1.165) is 5.56 Å². The molecule has 0 aromatic heterocycles. The van der Waals surface area contributed by atoms with Crippen molar-refractivity contribution in [2.45, 2.75) is 12.6 Å². The van der Waals surface area contributed by atoms with Crippen LogP contribution in [0, 0.1) is 11.3 Å².